The largest absolute Gasteiger partial charge is 0.328 e. The zero-order valence-electron chi connectivity index (χ0n) is 12.4. The number of benzene rings is 1. The number of aromatic nitrogens is 1. The minimum absolute atomic E-state index is 0.186. The lowest BCUT2D eigenvalue weighted by molar-refractivity contribution is 0.734. The molecule has 0 radical (unpaired) electrons. The Bertz CT molecular complexity index is 541. The molecule has 0 spiro atoms. The van der Waals surface area contributed by atoms with Gasteiger partial charge in [-0.25, -0.2) is 4.98 Å². The zero-order valence-corrected chi connectivity index (χ0v) is 13.2. The number of hydrogen-bond donors (Lipinski definition) is 1. The summed E-state index contributed by atoms with van der Waals surface area (Å²) in [5.74, 6) is 0.960. The Hall–Kier alpha value is -1.32. The van der Waals surface area contributed by atoms with Gasteiger partial charge in [0.15, 0.2) is 0 Å². The molecule has 0 amide bonds. The molecule has 0 fully saturated rings. The fourth-order valence-electron chi connectivity index (χ4n) is 2.30. The fraction of sp³-hybridized carbons (Fsp3) is 0.353. The van der Waals surface area contributed by atoms with Crippen LogP contribution in [-0.2, 0) is 12.2 Å². The van der Waals surface area contributed by atoms with Crippen LogP contribution in [0.25, 0.3) is 0 Å². The van der Waals surface area contributed by atoms with Crippen molar-refractivity contribution in [2.45, 2.75) is 44.0 Å². The topological polar surface area (TPSA) is 38.9 Å². The van der Waals surface area contributed by atoms with Gasteiger partial charge in [0, 0.05) is 18.0 Å². The highest BCUT2D eigenvalue weighted by molar-refractivity contribution is 7.98. The van der Waals surface area contributed by atoms with E-state index in [1.807, 2.05) is 13.1 Å². The molecule has 1 aromatic carbocycles. The molecule has 1 atom stereocenters. The first-order valence-electron chi connectivity index (χ1n) is 6.93. The van der Waals surface area contributed by atoms with Crippen LogP contribution in [0.15, 0.2) is 41.6 Å². The number of nitrogens with zero attached hydrogens (tertiary/aromatic N) is 1. The minimum Gasteiger partial charge on any atom is -0.328 e. The molecule has 2 aromatic rings. The third-order valence-electron chi connectivity index (χ3n) is 3.02. The zero-order chi connectivity index (χ0) is 14.5. The van der Waals surface area contributed by atoms with E-state index in [9.17, 15) is 0 Å². The number of pyridine rings is 1. The Morgan fingerprint density at radius 2 is 1.80 bits per heavy atom. The third kappa shape index (κ3) is 4.66. The molecule has 0 aliphatic carbocycles. The van der Waals surface area contributed by atoms with Gasteiger partial charge in [-0.15, -0.1) is 11.8 Å². The molecule has 0 saturated heterocycles. The highest BCUT2D eigenvalue weighted by Crippen LogP contribution is 2.22. The quantitative estimate of drug-likeness (QED) is 0.848. The van der Waals surface area contributed by atoms with Gasteiger partial charge in [-0.05, 0) is 44.4 Å². The summed E-state index contributed by atoms with van der Waals surface area (Å²) in [6, 6.07) is 11.1. The van der Waals surface area contributed by atoms with Crippen molar-refractivity contribution >= 4 is 11.8 Å². The van der Waals surface area contributed by atoms with E-state index in [1.165, 1.54) is 22.3 Å². The van der Waals surface area contributed by atoms with E-state index in [0.29, 0.717) is 0 Å². The summed E-state index contributed by atoms with van der Waals surface area (Å²) >= 11 is 1.78. The second kappa shape index (κ2) is 6.91. The lowest BCUT2D eigenvalue weighted by Crippen LogP contribution is -2.17. The number of rotatable bonds is 5. The number of nitrogens with two attached hydrogens (primary N) is 1. The summed E-state index contributed by atoms with van der Waals surface area (Å²) in [6.45, 7) is 6.30. The Balaban J connectivity index is 1.96. The van der Waals surface area contributed by atoms with Crippen molar-refractivity contribution in [2.75, 3.05) is 0 Å². The van der Waals surface area contributed by atoms with Gasteiger partial charge >= 0.3 is 0 Å². The highest BCUT2D eigenvalue weighted by Gasteiger charge is 2.02. The summed E-state index contributed by atoms with van der Waals surface area (Å²) in [6.07, 6.45) is 2.82. The van der Waals surface area contributed by atoms with E-state index in [4.69, 9.17) is 5.73 Å². The molecule has 0 aliphatic rings. The molecular weight excluding hydrogens is 264 g/mol. The first-order chi connectivity index (χ1) is 9.52. The van der Waals surface area contributed by atoms with Gasteiger partial charge in [-0.3, -0.25) is 0 Å². The molecule has 0 saturated carbocycles. The van der Waals surface area contributed by atoms with Gasteiger partial charge in [0.2, 0.25) is 0 Å². The minimum atomic E-state index is 0.186. The van der Waals surface area contributed by atoms with E-state index in [0.717, 1.165) is 17.2 Å². The maximum atomic E-state index is 5.79. The van der Waals surface area contributed by atoms with Crippen molar-refractivity contribution in [1.29, 1.82) is 0 Å². The van der Waals surface area contributed by atoms with E-state index in [1.54, 1.807) is 11.8 Å². The van der Waals surface area contributed by atoms with Gasteiger partial charge in [0.1, 0.15) is 0 Å². The van der Waals surface area contributed by atoms with Crippen molar-refractivity contribution in [3.8, 4) is 0 Å². The van der Waals surface area contributed by atoms with E-state index in [2.05, 4.69) is 49.2 Å². The van der Waals surface area contributed by atoms with Crippen LogP contribution < -0.4 is 5.73 Å². The van der Waals surface area contributed by atoms with Crippen molar-refractivity contribution in [3.05, 3.63) is 58.8 Å². The smallest absolute Gasteiger partial charge is 0.0963 e. The Morgan fingerprint density at radius 3 is 2.35 bits per heavy atom. The standard InChI is InChI=1S/C17H22N2S/c1-12-6-13(2)8-16(7-12)11-20-17-5-4-15(10-19-17)9-14(3)18/h4-8,10,14H,9,11,18H2,1-3H3. The molecule has 3 heteroatoms. The lowest BCUT2D eigenvalue weighted by Gasteiger charge is -2.07. The van der Waals surface area contributed by atoms with Crippen molar-refractivity contribution in [1.82, 2.24) is 4.98 Å². The molecule has 1 aromatic heterocycles. The maximum absolute atomic E-state index is 5.79. The molecule has 2 nitrogen and oxygen atoms in total. The highest BCUT2D eigenvalue weighted by atomic mass is 32.2. The van der Waals surface area contributed by atoms with Crippen molar-refractivity contribution in [2.24, 2.45) is 5.73 Å². The van der Waals surface area contributed by atoms with Gasteiger partial charge < -0.3 is 5.73 Å². The van der Waals surface area contributed by atoms with Crippen LogP contribution in [0.5, 0.6) is 0 Å². The number of hydrogen-bond acceptors (Lipinski definition) is 3. The average molecular weight is 286 g/mol. The molecular formula is C17H22N2S. The molecule has 2 rings (SSSR count). The van der Waals surface area contributed by atoms with Crippen LogP contribution >= 0.6 is 11.8 Å². The van der Waals surface area contributed by atoms with E-state index in [-0.39, 0.29) is 6.04 Å². The predicted molar refractivity (Wildman–Crippen MR) is 87.1 cm³/mol. The SMILES string of the molecule is Cc1cc(C)cc(CSc2ccc(CC(C)N)cn2)c1. The normalized spacial score (nSPS) is 12.4. The first kappa shape index (κ1) is 15.1. The van der Waals surface area contributed by atoms with E-state index >= 15 is 0 Å². The van der Waals surface area contributed by atoms with Crippen LogP contribution in [0.2, 0.25) is 0 Å². The van der Waals surface area contributed by atoms with Crippen molar-refractivity contribution in [3.63, 3.8) is 0 Å². The van der Waals surface area contributed by atoms with Gasteiger partial charge in [-0.2, -0.15) is 0 Å². The van der Waals surface area contributed by atoms with Crippen LogP contribution in [0.4, 0.5) is 0 Å². The van der Waals surface area contributed by atoms with Gasteiger partial charge in [0.25, 0.3) is 0 Å². The molecule has 1 unspecified atom stereocenters. The van der Waals surface area contributed by atoms with Crippen LogP contribution in [-0.4, -0.2) is 11.0 Å². The predicted octanol–water partition coefficient (Wildman–Crippen LogP) is 3.88. The molecule has 20 heavy (non-hydrogen) atoms. The molecule has 106 valence electrons. The monoisotopic (exact) mass is 286 g/mol. The average Bonchev–Trinajstić information content (AvgIpc) is 2.36. The third-order valence-corrected chi connectivity index (χ3v) is 4.04. The fourth-order valence-corrected chi connectivity index (χ4v) is 3.07. The van der Waals surface area contributed by atoms with Gasteiger partial charge in [-0.1, -0.05) is 35.4 Å². The summed E-state index contributed by atoms with van der Waals surface area (Å²) < 4.78 is 0. The lowest BCUT2D eigenvalue weighted by atomic mass is 10.1. The summed E-state index contributed by atoms with van der Waals surface area (Å²) in [4.78, 5) is 4.50. The molecule has 2 N–H and O–H groups in total. The molecule has 0 aliphatic heterocycles. The summed E-state index contributed by atoms with van der Waals surface area (Å²) in [5.41, 5.74) is 11.0. The molecule has 0 bridgehead atoms. The van der Waals surface area contributed by atoms with E-state index < -0.39 is 0 Å². The Kier molecular flexibility index (Phi) is 5.21. The van der Waals surface area contributed by atoms with Crippen molar-refractivity contribution < 1.29 is 0 Å². The van der Waals surface area contributed by atoms with Gasteiger partial charge in [0.05, 0.1) is 5.03 Å². The van der Waals surface area contributed by atoms with Crippen LogP contribution in [0.1, 0.15) is 29.2 Å². The number of thioether (sulfide) groups is 1. The maximum Gasteiger partial charge on any atom is 0.0963 e. The number of aryl methyl sites for hydroxylation is 2. The summed E-state index contributed by atoms with van der Waals surface area (Å²) in [5, 5.41) is 1.07. The first-order valence-corrected chi connectivity index (χ1v) is 7.92. The van der Waals surface area contributed by atoms with Crippen LogP contribution in [0.3, 0.4) is 0 Å². The second-order valence-electron chi connectivity index (χ2n) is 5.47. The Morgan fingerprint density at radius 1 is 1.10 bits per heavy atom. The van der Waals surface area contributed by atoms with Crippen LogP contribution in [0, 0.1) is 13.8 Å². The second-order valence-corrected chi connectivity index (χ2v) is 6.47. The molecule has 1 heterocycles. The summed E-state index contributed by atoms with van der Waals surface area (Å²) in [7, 11) is 0. The Labute approximate surface area is 125 Å².